The van der Waals surface area contributed by atoms with Gasteiger partial charge in [-0.3, -0.25) is 0 Å². The summed E-state index contributed by atoms with van der Waals surface area (Å²) in [4.78, 5) is 10.6. The molecule has 2 N–H and O–H groups in total. The zero-order valence-electron chi connectivity index (χ0n) is 12.2. The summed E-state index contributed by atoms with van der Waals surface area (Å²) >= 11 is 5.82. The topological polar surface area (TPSA) is 61.3 Å². The van der Waals surface area contributed by atoms with E-state index in [4.69, 9.17) is 11.6 Å². The van der Waals surface area contributed by atoms with Gasteiger partial charge in [0.25, 0.3) is 0 Å². The fourth-order valence-corrected chi connectivity index (χ4v) is 2.85. The lowest BCUT2D eigenvalue weighted by Gasteiger charge is -2.41. The number of hydrogen-bond donors (Lipinski definition) is 2. The average Bonchev–Trinajstić information content (AvgIpc) is 2.57. The maximum Gasteiger partial charge on any atom is 0.225 e. The molecule has 0 aliphatic carbocycles. The van der Waals surface area contributed by atoms with Gasteiger partial charge in [-0.2, -0.15) is 0 Å². The fourth-order valence-electron chi connectivity index (χ4n) is 2.75. The molecule has 1 aromatic carbocycles. The van der Waals surface area contributed by atoms with E-state index in [0.29, 0.717) is 11.0 Å². The van der Waals surface area contributed by atoms with E-state index in [1.165, 1.54) is 0 Å². The van der Waals surface area contributed by atoms with E-state index in [1.807, 2.05) is 30.3 Å². The van der Waals surface area contributed by atoms with E-state index in [-0.39, 0.29) is 12.1 Å². The van der Waals surface area contributed by atoms with Crippen molar-refractivity contribution in [3.63, 3.8) is 0 Å². The summed E-state index contributed by atoms with van der Waals surface area (Å²) in [6, 6.07) is 10.0. The highest BCUT2D eigenvalue weighted by atomic mass is 35.5. The monoisotopic (exact) mass is 318 g/mol. The zero-order valence-corrected chi connectivity index (χ0v) is 13.0. The molecular formula is C16H19ClN4O. The van der Waals surface area contributed by atoms with E-state index in [1.54, 1.807) is 12.4 Å². The number of aliphatic hydroxyl groups excluding tert-OH is 1. The van der Waals surface area contributed by atoms with Crippen LogP contribution < -0.4 is 10.2 Å². The minimum absolute atomic E-state index is 0.108. The Morgan fingerprint density at radius 1 is 1.14 bits per heavy atom. The van der Waals surface area contributed by atoms with Crippen molar-refractivity contribution >= 4 is 23.2 Å². The van der Waals surface area contributed by atoms with E-state index in [9.17, 15) is 5.11 Å². The molecule has 1 aliphatic rings. The second-order valence-electron chi connectivity index (χ2n) is 5.62. The van der Waals surface area contributed by atoms with Crippen LogP contribution in [0.4, 0.5) is 11.6 Å². The number of nitrogens with one attached hydrogen (secondary N) is 1. The van der Waals surface area contributed by atoms with E-state index in [0.717, 1.165) is 31.6 Å². The van der Waals surface area contributed by atoms with Crippen LogP contribution in [-0.4, -0.2) is 40.3 Å². The van der Waals surface area contributed by atoms with Gasteiger partial charge in [0, 0.05) is 18.8 Å². The molecule has 0 atom stereocenters. The van der Waals surface area contributed by atoms with Crippen LogP contribution in [-0.2, 0) is 0 Å². The molecule has 1 aliphatic heterocycles. The summed E-state index contributed by atoms with van der Waals surface area (Å²) in [6.45, 7) is 1.70. The molecule has 22 heavy (non-hydrogen) atoms. The Morgan fingerprint density at radius 3 is 2.36 bits per heavy atom. The Hall–Kier alpha value is -1.85. The Bertz CT molecular complexity index is 597. The van der Waals surface area contributed by atoms with Gasteiger partial charge >= 0.3 is 0 Å². The van der Waals surface area contributed by atoms with Crippen molar-refractivity contribution in [2.24, 2.45) is 0 Å². The molecule has 0 amide bonds. The number of anilines is 2. The highest BCUT2D eigenvalue weighted by molar-refractivity contribution is 6.30. The number of aromatic nitrogens is 2. The number of para-hydroxylation sites is 1. The smallest absolute Gasteiger partial charge is 0.225 e. The average molecular weight is 319 g/mol. The maximum absolute atomic E-state index is 9.87. The minimum atomic E-state index is -0.287. The molecule has 0 spiro atoms. The fraction of sp³-hybridized carbons (Fsp3) is 0.375. The molecule has 6 heteroatoms. The summed E-state index contributed by atoms with van der Waals surface area (Å²) in [5.74, 6) is 0.690. The Kier molecular flexibility index (Phi) is 4.45. The van der Waals surface area contributed by atoms with Gasteiger partial charge in [0.15, 0.2) is 0 Å². The van der Waals surface area contributed by atoms with Crippen LogP contribution in [0.3, 0.4) is 0 Å². The first kappa shape index (κ1) is 15.1. The predicted molar refractivity (Wildman–Crippen MR) is 88.4 cm³/mol. The molecule has 1 aromatic heterocycles. The lowest BCUT2D eigenvalue weighted by Crippen LogP contribution is -2.52. The van der Waals surface area contributed by atoms with Crippen molar-refractivity contribution in [3.8, 4) is 0 Å². The van der Waals surface area contributed by atoms with Crippen molar-refractivity contribution in [1.82, 2.24) is 9.97 Å². The van der Waals surface area contributed by atoms with Gasteiger partial charge in [-0.25, -0.2) is 9.97 Å². The number of rotatable bonds is 4. The van der Waals surface area contributed by atoms with E-state index >= 15 is 0 Å². The highest BCUT2D eigenvalue weighted by Gasteiger charge is 2.34. The van der Waals surface area contributed by atoms with Gasteiger partial charge < -0.3 is 15.3 Å². The number of benzene rings is 1. The largest absolute Gasteiger partial charge is 0.394 e. The number of nitrogens with zero attached hydrogens (tertiary/aromatic N) is 3. The molecule has 0 radical (unpaired) electrons. The quantitative estimate of drug-likeness (QED) is 0.907. The third-order valence-corrected chi connectivity index (χ3v) is 4.29. The van der Waals surface area contributed by atoms with Crippen molar-refractivity contribution in [3.05, 3.63) is 47.7 Å². The van der Waals surface area contributed by atoms with Gasteiger partial charge in [-0.15, -0.1) is 0 Å². The SMILES string of the molecule is OCC1(Nc2ccccc2)CCN(c2ncc(Cl)cn2)CC1. The van der Waals surface area contributed by atoms with Crippen LogP contribution in [0.15, 0.2) is 42.7 Å². The number of hydrogen-bond acceptors (Lipinski definition) is 5. The molecule has 0 unspecified atom stereocenters. The van der Waals surface area contributed by atoms with Crippen molar-refractivity contribution in [2.75, 3.05) is 29.9 Å². The van der Waals surface area contributed by atoms with E-state index in [2.05, 4.69) is 20.2 Å². The van der Waals surface area contributed by atoms with Gasteiger partial charge in [0.05, 0.1) is 29.6 Å². The van der Waals surface area contributed by atoms with Crippen LogP contribution in [0, 0.1) is 0 Å². The van der Waals surface area contributed by atoms with Gasteiger partial charge in [-0.05, 0) is 25.0 Å². The molecular weight excluding hydrogens is 300 g/mol. The molecule has 1 fully saturated rings. The second kappa shape index (κ2) is 6.50. The normalized spacial score (nSPS) is 17.3. The van der Waals surface area contributed by atoms with Crippen LogP contribution in [0.5, 0.6) is 0 Å². The first-order valence-corrected chi connectivity index (χ1v) is 7.75. The lowest BCUT2D eigenvalue weighted by atomic mass is 9.88. The summed E-state index contributed by atoms with van der Waals surface area (Å²) in [6.07, 6.45) is 4.87. The molecule has 0 saturated carbocycles. The van der Waals surface area contributed by atoms with Crippen molar-refractivity contribution in [2.45, 2.75) is 18.4 Å². The van der Waals surface area contributed by atoms with Gasteiger partial charge in [0.2, 0.25) is 5.95 Å². The third kappa shape index (κ3) is 3.31. The predicted octanol–water partition coefficient (Wildman–Crippen LogP) is 2.57. The van der Waals surface area contributed by atoms with Gasteiger partial charge in [-0.1, -0.05) is 29.8 Å². The highest BCUT2D eigenvalue weighted by Crippen LogP contribution is 2.28. The van der Waals surface area contributed by atoms with E-state index < -0.39 is 0 Å². The Balaban J connectivity index is 1.67. The van der Waals surface area contributed by atoms with Crippen LogP contribution in [0.2, 0.25) is 5.02 Å². The van der Waals surface area contributed by atoms with Crippen LogP contribution in [0.25, 0.3) is 0 Å². The van der Waals surface area contributed by atoms with Gasteiger partial charge in [0.1, 0.15) is 0 Å². The maximum atomic E-state index is 9.87. The minimum Gasteiger partial charge on any atom is -0.394 e. The summed E-state index contributed by atoms with van der Waals surface area (Å²) in [7, 11) is 0. The zero-order chi connectivity index (χ0) is 15.4. The Labute approximate surface area is 135 Å². The van der Waals surface area contributed by atoms with Crippen molar-refractivity contribution < 1.29 is 5.11 Å². The number of halogens is 1. The molecule has 3 rings (SSSR count). The molecule has 116 valence electrons. The lowest BCUT2D eigenvalue weighted by molar-refractivity contribution is 0.185. The third-order valence-electron chi connectivity index (χ3n) is 4.10. The molecule has 1 saturated heterocycles. The summed E-state index contributed by atoms with van der Waals surface area (Å²) in [5, 5.41) is 13.9. The van der Waals surface area contributed by atoms with Crippen molar-refractivity contribution in [1.29, 1.82) is 0 Å². The first-order chi connectivity index (χ1) is 10.7. The standard InChI is InChI=1S/C16H19ClN4O/c17-13-10-18-15(19-11-13)21-8-6-16(12-22,7-9-21)20-14-4-2-1-3-5-14/h1-5,10-11,20,22H,6-9,12H2. The van der Waals surface area contributed by atoms with Crippen LogP contribution in [0.1, 0.15) is 12.8 Å². The van der Waals surface area contributed by atoms with Crippen LogP contribution >= 0.6 is 11.6 Å². The first-order valence-electron chi connectivity index (χ1n) is 7.37. The Morgan fingerprint density at radius 2 is 1.77 bits per heavy atom. The summed E-state index contributed by atoms with van der Waals surface area (Å²) < 4.78 is 0. The summed E-state index contributed by atoms with van der Waals surface area (Å²) in [5.41, 5.74) is 0.748. The number of aliphatic hydroxyl groups is 1. The second-order valence-corrected chi connectivity index (χ2v) is 6.05. The molecule has 2 heterocycles. The molecule has 0 bridgehead atoms. The molecule has 2 aromatic rings. The molecule has 5 nitrogen and oxygen atoms in total. The number of piperidine rings is 1.